The molecule has 0 fully saturated rings. The standard InChI is InChI=1S/C11H12FN3O2/c1-6(13)10-14-11(17-15-10)7-3-4-8(12)9(5-7)16-2/h3-6H,13H2,1-2H3. The van der Waals surface area contributed by atoms with Gasteiger partial charge in [0.1, 0.15) is 0 Å². The molecule has 2 rings (SSSR count). The quantitative estimate of drug-likeness (QED) is 0.882. The molecule has 2 N–H and O–H groups in total. The van der Waals surface area contributed by atoms with E-state index in [-0.39, 0.29) is 17.7 Å². The van der Waals surface area contributed by atoms with Crippen LogP contribution in [0.3, 0.4) is 0 Å². The third-order valence-electron chi connectivity index (χ3n) is 2.25. The molecule has 1 aromatic carbocycles. The number of benzene rings is 1. The van der Waals surface area contributed by atoms with E-state index in [1.54, 1.807) is 6.92 Å². The minimum Gasteiger partial charge on any atom is -0.494 e. The molecule has 0 saturated heterocycles. The molecule has 1 aromatic heterocycles. The van der Waals surface area contributed by atoms with Gasteiger partial charge in [0.2, 0.25) is 0 Å². The van der Waals surface area contributed by atoms with Crippen LogP contribution in [-0.2, 0) is 0 Å². The van der Waals surface area contributed by atoms with Crippen LogP contribution in [0.4, 0.5) is 4.39 Å². The molecular formula is C11H12FN3O2. The van der Waals surface area contributed by atoms with E-state index in [1.165, 1.54) is 25.3 Å². The van der Waals surface area contributed by atoms with Gasteiger partial charge >= 0.3 is 0 Å². The van der Waals surface area contributed by atoms with Crippen LogP contribution in [-0.4, -0.2) is 17.3 Å². The molecule has 1 heterocycles. The van der Waals surface area contributed by atoms with Crippen molar-refractivity contribution in [1.29, 1.82) is 0 Å². The van der Waals surface area contributed by atoms with E-state index < -0.39 is 5.82 Å². The largest absolute Gasteiger partial charge is 0.494 e. The minimum atomic E-state index is -0.441. The van der Waals surface area contributed by atoms with E-state index in [2.05, 4.69) is 10.1 Å². The van der Waals surface area contributed by atoms with Gasteiger partial charge in [0, 0.05) is 5.56 Å². The number of nitrogens with two attached hydrogens (primary N) is 1. The summed E-state index contributed by atoms with van der Waals surface area (Å²) in [5.41, 5.74) is 6.20. The fourth-order valence-electron chi connectivity index (χ4n) is 1.33. The summed E-state index contributed by atoms with van der Waals surface area (Å²) < 4.78 is 23.1. The first-order valence-corrected chi connectivity index (χ1v) is 5.05. The van der Waals surface area contributed by atoms with Crippen LogP contribution in [0.2, 0.25) is 0 Å². The molecule has 17 heavy (non-hydrogen) atoms. The number of hydrogen-bond donors (Lipinski definition) is 1. The second kappa shape index (κ2) is 4.50. The van der Waals surface area contributed by atoms with Gasteiger partial charge in [-0.2, -0.15) is 4.98 Å². The van der Waals surface area contributed by atoms with E-state index in [9.17, 15) is 4.39 Å². The summed E-state index contributed by atoms with van der Waals surface area (Å²) in [6, 6.07) is 4.00. The van der Waals surface area contributed by atoms with Crippen molar-refractivity contribution >= 4 is 0 Å². The topological polar surface area (TPSA) is 74.2 Å². The van der Waals surface area contributed by atoms with E-state index in [4.69, 9.17) is 15.0 Å². The van der Waals surface area contributed by atoms with Crippen LogP contribution in [0, 0.1) is 5.82 Å². The lowest BCUT2D eigenvalue weighted by atomic mass is 10.2. The van der Waals surface area contributed by atoms with Gasteiger partial charge in [0.25, 0.3) is 5.89 Å². The first-order chi connectivity index (χ1) is 8.11. The molecule has 0 aliphatic rings. The van der Waals surface area contributed by atoms with Gasteiger partial charge in [-0.15, -0.1) is 0 Å². The number of ether oxygens (including phenoxy) is 1. The highest BCUT2D eigenvalue weighted by atomic mass is 19.1. The van der Waals surface area contributed by atoms with Crippen molar-refractivity contribution in [2.45, 2.75) is 13.0 Å². The summed E-state index contributed by atoms with van der Waals surface area (Å²) in [7, 11) is 1.39. The highest BCUT2D eigenvalue weighted by Crippen LogP contribution is 2.25. The molecule has 6 heteroatoms. The van der Waals surface area contributed by atoms with E-state index in [0.29, 0.717) is 11.4 Å². The number of rotatable bonds is 3. The number of methoxy groups -OCH3 is 1. The second-order valence-corrected chi connectivity index (χ2v) is 3.60. The van der Waals surface area contributed by atoms with Gasteiger partial charge in [-0.1, -0.05) is 5.16 Å². The average Bonchev–Trinajstić information content (AvgIpc) is 2.79. The molecule has 0 saturated carbocycles. The summed E-state index contributed by atoms with van der Waals surface area (Å²) in [4.78, 5) is 4.10. The number of aromatic nitrogens is 2. The molecular weight excluding hydrogens is 225 g/mol. The SMILES string of the molecule is COc1cc(-c2nc(C(C)N)no2)ccc1F. The Bertz CT molecular complexity index is 525. The van der Waals surface area contributed by atoms with Crippen LogP contribution in [0.5, 0.6) is 5.75 Å². The first kappa shape index (κ1) is 11.5. The normalized spacial score (nSPS) is 12.5. The second-order valence-electron chi connectivity index (χ2n) is 3.60. The average molecular weight is 237 g/mol. The van der Waals surface area contributed by atoms with Crippen LogP contribution in [0.1, 0.15) is 18.8 Å². The van der Waals surface area contributed by atoms with Crippen molar-refractivity contribution in [3.63, 3.8) is 0 Å². The Morgan fingerprint density at radius 1 is 1.47 bits per heavy atom. The van der Waals surface area contributed by atoms with E-state index in [1.807, 2.05) is 0 Å². The zero-order valence-corrected chi connectivity index (χ0v) is 9.48. The molecule has 0 radical (unpaired) electrons. The summed E-state index contributed by atoms with van der Waals surface area (Å²) >= 11 is 0. The van der Waals surface area contributed by atoms with Gasteiger partial charge in [-0.3, -0.25) is 0 Å². The van der Waals surface area contributed by atoms with Crippen LogP contribution >= 0.6 is 0 Å². The monoisotopic (exact) mass is 237 g/mol. The molecule has 0 aliphatic carbocycles. The number of halogens is 1. The molecule has 5 nitrogen and oxygen atoms in total. The Hall–Kier alpha value is -1.95. The van der Waals surface area contributed by atoms with Crippen molar-refractivity contribution in [3.05, 3.63) is 29.8 Å². The molecule has 2 aromatic rings. The Kier molecular flexibility index (Phi) is 3.06. The van der Waals surface area contributed by atoms with Crippen molar-refractivity contribution in [2.75, 3.05) is 7.11 Å². The zero-order chi connectivity index (χ0) is 12.4. The van der Waals surface area contributed by atoms with Crippen LogP contribution in [0.25, 0.3) is 11.5 Å². The molecule has 0 aliphatic heterocycles. The molecule has 0 bridgehead atoms. The third kappa shape index (κ3) is 2.26. The predicted octanol–water partition coefficient (Wildman–Crippen LogP) is 1.90. The Morgan fingerprint density at radius 3 is 2.82 bits per heavy atom. The number of nitrogens with zero attached hydrogens (tertiary/aromatic N) is 2. The van der Waals surface area contributed by atoms with Gasteiger partial charge in [0.05, 0.1) is 13.2 Å². The Labute approximate surface area is 97.4 Å². The van der Waals surface area contributed by atoms with Crippen LogP contribution < -0.4 is 10.5 Å². The molecule has 1 atom stereocenters. The highest BCUT2D eigenvalue weighted by Gasteiger charge is 2.13. The maximum atomic E-state index is 13.2. The predicted molar refractivity (Wildman–Crippen MR) is 58.8 cm³/mol. The minimum absolute atomic E-state index is 0.128. The molecule has 0 amide bonds. The van der Waals surface area contributed by atoms with E-state index in [0.717, 1.165) is 0 Å². The lowest BCUT2D eigenvalue weighted by molar-refractivity contribution is 0.385. The smallest absolute Gasteiger partial charge is 0.258 e. The van der Waals surface area contributed by atoms with E-state index >= 15 is 0 Å². The lowest BCUT2D eigenvalue weighted by Crippen LogP contribution is -2.06. The first-order valence-electron chi connectivity index (χ1n) is 5.05. The van der Waals surface area contributed by atoms with Gasteiger partial charge in [-0.25, -0.2) is 4.39 Å². The number of hydrogen-bond acceptors (Lipinski definition) is 5. The lowest BCUT2D eigenvalue weighted by Gasteiger charge is -2.02. The van der Waals surface area contributed by atoms with Crippen molar-refractivity contribution in [2.24, 2.45) is 5.73 Å². The summed E-state index contributed by atoms with van der Waals surface area (Å²) in [5.74, 6) is 0.380. The Balaban J connectivity index is 2.38. The van der Waals surface area contributed by atoms with Gasteiger partial charge < -0.3 is 15.0 Å². The highest BCUT2D eigenvalue weighted by molar-refractivity contribution is 5.56. The fraction of sp³-hybridized carbons (Fsp3) is 0.273. The van der Waals surface area contributed by atoms with Crippen molar-refractivity contribution in [3.8, 4) is 17.2 Å². The maximum absolute atomic E-state index is 13.2. The van der Waals surface area contributed by atoms with Crippen molar-refractivity contribution in [1.82, 2.24) is 10.1 Å². The molecule has 0 spiro atoms. The summed E-state index contributed by atoms with van der Waals surface area (Å²) in [6.45, 7) is 1.75. The van der Waals surface area contributed by atoms with Gasteiger partial charge in [-0.05, 0) is 25.1 Å². The maximum Gasteiger partial charge on any atom is 0.258 e. The third-order valence-corrected chi connectivity index (χ3v) is 2.25. The van der Waals surface area contributed by atoms with Crippen molar-refractivity contribution < 1.29 is 13.7 Å². The summed E-state index contributed by atoms with van der Waals surface area (Å²) in [5, 5.41) is 3.72. The molecule has 1 unspecified atom stereocenters. The fourth-order valence-corrected chi connectivity index (χ4v) is 1.33. The zero-order valence-electron chi connectivity index (χ0n) is 9.48. The summed E-state index contributed by atoms with van der Waals surface area (Å²) in [6.07, 6.45) is 0. The Morgan fingerprint density at radius 2 is 2.24 bits per heavy atom. The van der Waals surface area contributed by atoms with Gasteiger partial charge in [0.15, 0.2) is 17.4 Å². The molecule has 90 valence electrons. The van der Waals surface area contributed by atoms with Crippen LogP contribution in [0.15, 0.2) is 22.7 Å².